The van der Waals surface area contributed by atoms with Crippen LogP contribution in [-0.2, 0) is 24.3 Å². The summed E-state index contributed by atoms with van der Waals surface area (Å²) in [6, 6.07) is 21.2. The Kier molecular flexibility index (Phi) is 10.0. The number of ether oxygens (including phenoxy) is 3. The fraction of sp³-hybridized carbons (Fsp3) is 0.351. The predicted octanol–water partition coefficient (Wildman–Crippen LogP) is 4.36. The number of methoxy groups -OCH3 is 1. The molecule has 0 bridgehead atoms. The third kappa shape index (κ3) is 7.04. The number of aromatic nitrogens is 2. The lowest BCUT2D eigenvalue weighted by Gasteiger charge is -2.35. The number of allylic oxidation sites excluding steroid dienone is 1. The molecule has 4 heterocycles. The van der Waals surface area contributed by atoms with Crippen LogP contribution in [0.3, 0.4) is 0 Å². The van der Waals surface area contributed by atoms with Gasteiger partial charge in [-0.25, -0.2) is 13.2 Å². The molecule has 268 valence electrons. The van der Waals surface area contributed by atoms with Crippen molar-refractivity contribution in [3.63, 3.8) is 0 Å². The molecule has 2 unspecified atom stereocenters. The largest absolute Gasteiger partial charge is 0.497 e. The molecule has 7 rings (SSSR count). The van der Waals surface area contributed by atoms with Gasteiger partial charge in [-0.05, 0) is 61.4 Å². The molecule has 51 heavy (non-hydrogen) atoms. The van der Waals surface area contributed by atoms with Crippen LogP contribution in [0.15, 0.2) is 105 Å². The van der Waals surface area contributed by atoms with Crippen LogP contribution >= 0.6 is 0 Å². The van der Waals surface area contributed by atoms with Crippen molar-refractivity contribution in [3.05, 3.63) is 107 Å². The van der Waals surface area contributed by atoms with Gasteiger partial charge in [-0.2, -0.15) is 4.31 Å². The van der Waals surface area contributed by atoms with Crippen LogP contribution in [0.5, 0.6) is 5.75 Å². The molecule has 14 heteroatoms. The molecule has 0 spiro atoms. The highest BCUT2D eigenvalue weighted by Gasteiger charge is 2.35. The maximum atomic E-state index is 14.0. The number of aromatic amines is 1. The number of hydrogen-bond acceptors (Lipinski definition) is 9. The van der Waals surface area contributed by atoms with Crippen LogP contribution < -0.4 is 10.4 Å². The number of furan rings is 1. The van der Waals surface area contributed by atoms with Gasteiger partial charge in [-0.3, -0.25) is 9.36 Å². The Morgan fingerprint density at radius 3 is 2.53 bits per heavy atom. The SMILES string of the molecule is COc1ccc(S(=O)(=O)N(CCO)CCOC2CC(c3coc4ccccc34)C=C(C(=O)N3CCC(n4c(=O)[nH]c5ccccc54)CC3)O2)cc1. The minimum atomic E-state index is -3.95. The van der Waals surface area contributed by atoms with E-state index in [-0.39, 0.29) is 60.5 Å². The van der Waals surface area contributed by atoms with Gasteiger partial charge in [0.25, 0.3) is 5.91 Å². The van der Waals surface area contributed by atoms with Crippen LogP contribution in [0.2, 0.25) is 0 Å². The van der Waals surface area contributed by atoms with E-state index in [1.54, 1.807) is 27.9 Å². The van der Waals surface area contributed by atoms with Gasteiger partial charge in [0.1, 0.15) is 11.3 Å². The van der Waals surface area contributed by atoms with Gasteiger partial charge in [0.15, 0.2) is 5.76 Å². The van der Waals surface area contributed by atoms with E-state index >= 15 is 0 Å². The zero-order chi connectivity index (χ0) is 35.5. The summed E-state index contributed by atoms with van der Waals surface area (Å²) in [6.07, 6.45) is 4.18. The van der Waals surface area contributed by atoms with Crippen LogP contribution in [0.25, 0.3) is 22.0 Å². The molecule has 3 aromatic carbocycles. The summed E-state index contributed by atoms with van der Waals surface area (Å²) in [5.74, 6) is 0.0929. The number of imidazole rings is 1. The average molecular weight is 717 g/mol. The van der Waals surface area contributed by atoms with Gasteiger partial charge in [-0.15, -0.1) is 0 Å². The molecule has 5 aromatic rings. The van der Waals surface area contributed by atoms with Crippen molar-refractivity contribution in [3.8, 4) is 5.75 Å². The first kappa shape index (κ1) is 34.6. The van der Waals surface area contributed by atoms with Crippen molar-refractivity contribution in [2.45, 2.75) is 42.4 Å². The van der Waals surface area contributed by atoms with Crippen molar-refractivity contribution in [1.29, 1.82) is 0 Å². The molecule has 1 saturated heterocycles. The Hall–Kier alpha value is -4.89. The van der Waals surface area contributed by atoms with Crippen molar-refractivity contribution < 1.29 is 36.9 Å². The molecule has 1 amide bonds. The maximum Gasteiger partial charge on any atom is 0.326 e. The molecule has 0 aliphatic carbocycles. The summed E-state index contributed by atoms with van der Waals surface area (Å²) >= 11 is 0. The topological polar surface area (TPSA) is 157 Å². The number of sulfonamides is 1. The smallest absolute Gasteiger partial charge is 0.326 e. The molecular formula is C37H40N4O9S. The Morgan fingerprint density at radius 2 is 1.76 bits per heavy atom. The van der Waals surface area contributed by atoms with Gasteiger partial charge in [-0.1, -0.05) is 30.3 Å². The van der Waals surface area contributed by atoms with E-state index in [1.165, 1.54) is 19.2 Å². The molecule has 0 radical (unpaired) electrons. The lowest BCUT2D eigenvalue weighted by Crippen LogP contribution is -2.43. The third-order valence-corrected chi connectivity index (χ3v) is 11.5. The minimum Gasteiger partial charge on any atom is -0.497 e. The lowest BCUT2D eigenvalue weighted by atomic mass is 9.92. The van der Waals surface area contributed by atoms with Gasteiger partial charge in [0.05, 0.1) is 42.5 Å². The Balaban J connectivity index is 1.07. The number of carbonyl (C=O) groups is 1. The van der Waals surface area contributed by atoms with Crippen LogP contribution in [-0.4, -0.2) is 91.0 Å². The molecular weight excluding hydrogens is 676 g/mol. The first-order valence-electron chi connectivity index (χ1n) is 17.0. The van der Waals surface area contributed by atoms with Crippen LogP contribution in [0.1, 0.15) is 36.8 Å². The number of H-pyrrole nitrogens is 1. The number of amides is 1. The number of benzene rings is 3. The third-order valence-electron chi connectivity index (χ3n) is 9.61. The molecule has 2 atom stereocenters. The second-order valence-corrected chi connectivity index (χ2v) is 14.6. The van der Waals surface area contributed by atoms with Crippen molar-refractivity contribution >= 4 is 37.9 Å². The fourth-order valence-corrected chi connectivity index (χ4v) is 8.39. The molecule has 2 N–H and O–H groups in total. The Morgan fingerprint density at radius 1 is 1.02 bits per heavy atom. The summed E-state index contributed by atoms with van der Waals surface area (Å²) in [6.45, 7) is 0.253. The van der Waals surface area contributed by atoms with E-state index in [0.717, 1.165) is 31.9 Å². The van der Waals surface area contributed by atoms with E-state index in [9.17, 15) is 23.1 Å². The predicted molar refractivity (Wildman–Crippen MR) is 189 cm³/mol. The molecule has 2 aliphatic rings. The summed E-state index contributed by atoms with van der Waals surface area (Å²) in [5.41, 5.74) is 3.06. The number of fused-ring (bicyclic) bond motifs is 2. The lowest BCUT2D eigenvalue weighted by molar-refractivity contribution is -0.153. The molecule has 1 fully saturated rings. The van der Waals surface area contributed by atoms with Crippen molar-refractivity contribution in [2.75, 3.05) is 46.5 Å². The monoisotopic (exact) mass is 716 g/mol. The van der Waals surface area contributed by atoms with E-state index in [2.05, 4.69) is 4.98 Å². The summed E-state index contributed by atoms with van der Waals surface area (Å²) < 4.78 is 53.1. The second-order valence-electron chi connectivity index (χ2n) is 12.6. The number of aliphatic hydroxyl groups excluding tert-OH is 1. The highest BCUT2D eigenvalue weighted by atomic mass is 32.2. The zero-order valence-electron chi connectivity index (χ0n) is 28.1. The fourth-order valence-electron chi connectivity index (χ4n) is 6.98. The second kappa shape index (κ2) is 14.8. The first-order chi connectivity index (χ1) is 24.8. The van der Waals surface area contributed by atoms with E-state index in [0.29, 0.717) is 38.1 Å². The van der Waals surface area contributed by atoms with E-state index in [1.807, 2.05) is 54.6 Å². The number of carbonyl (C=O) groups excluding carboxylic acids is 1. The zero-order valence-corrected chi connectivity index (χ0v) is 29.0. The van der Waals surface area contributed by atoms with Crippen LogP contribution in [0.4, 0.5) is 0 Å². The van der Waals surface area contributed by atoms with Crippen LogP contribution in [0, 0.1) is 0 Å². The highest BCUT2D eigenvalue weighted by Crippen LogP contribution is 2.37. The molecule has 0 saturated carbocycles. The summed E-state index contributed by atoms with van der Waals surface area (Å²) in [7, 11) is -2.45. The number of nitrogens with one attached hydrogen (secondary N) is 1. The first-order valence-corrected chi connectivity index (χ1v) is 18.4. The van der Waals surface area contributed by atoms with E-state index in [4.69, 9.17) is 18.6 Å². The molecule has 2 aliphatic heterocycles. The van der Waals surface area contributed by atoms with Crippen molar-refractivity contribution in [1.82, 2.24) is 18.8 Å². The molecule has 2 aromatic heterocycles. The maximum absolute atomic E-state index is 14.0. The number of hydrogen-bond donors (Lipinski definition) is 2. The minimum absolute atomic E-state index is 0.0505. The van der Waals surface area contributed by atoms with Gasteiger partial charge in [0.2, 0.25) is 16.3 Å². The average Bonchev–Trinajstić information content (AvgIpc) is 3.74. The Bertz CT molecular complexity index is 2200. The number of rotatable bonds is 12. The number of nitrogens with zero attached hydrogens (tertiary/aromatic N) is 3. The van der Waals surface area contributed by atoms with E-state index < -0.39 is 16.3 Å². The van der Waals surface area contributed by atoms with Gasteiger partial charge >= 0.3 is 5.69 Å². The van der Waals surface area contributed by atoms with Crippen molar-refractivity contribution in [2.24, 2.45) is 0 Å². The number of likely N-dealkylation sites (tertiary alicyclic amines) is 1. The normalized spacial score (nSPS) is 18.6. The quantitative estimate of drug-likeness (QED) is 0.192. The standard InChI is InChI=1S/C37H40N4O9S/c1-47-27-10-12-28(13-11-27)51(45,46)40(18-20-42)19-21-48-35-23-25(30-24-49-33-9-5-2-6-29(30)33)22-34(50-35)36(43)39-16-14-26(15-17-39)41-32-8-4-3-7-31(32)38-37(41)44/h2-13,22,24-26,35,42H,14-21,23H2,1H3,(H,38,44). The van der Waals surface area contributed by atoms with Gasteiger partial charge in [0, 0.05) is 55.5 Å². The summed E-state index contributed by atoms with van der Waals surface area (Å²) in [5, 5.41) is 10.6. The highest BCUT2D eigenvalue weighted by molar-refractivity contribution is 7.89. The number of aliphatic hydroxyl groups is 1. The Labute approximate surface area is 294 Å². The molecule has 13 nitrogen and oxygen atoms in total. The number of para-hydroxylation sites is 3. The van der Waals surface area contributed by atoms with Gasteiger partial charge < -0.3 is 33.6 Å². The number of piperidine rings is 1. The summed E-state index contributed by atoms with van der Waals surface area (Å²) in [4.78, 5) is 31.5.